The number of carbonyl (C=O) groups excluding carboxylic acids is 1. The normalized spacial score (nSPS) is 19.6. The van der Waals surface area contributed by atoms with Crippen LogP contribution in [-0.4, -0.2) is 64.1 Å². The molecular formula is C12H22N6O. The number of nitrogens with one attached hydrogen (secondary N) is 1. The molecule has 106 valence electrons. The third-order valence-corrected chi connectivity index (χ3v) is 3.46. The molecule has 2 rings (SSSR count). The number of rotatable bonds is 4. The van der Waals surface area contributed by atoms with Crippen molar-refractivity contribution < 1.29 is 4.79 Å². The summed E-state index contributed by atoms with van der Waals surface area (Å²) in [6.45, 7) is 4.85. The van der Waals surface area contributed by atoms with E-state index in [-0.39, 0.29) is 12.1 Å². The summed E-state index contributed by atoms with van der Waals surface area (Å²) in [5.74, 6) is 0.511. The predicted molar refractivity (Wildman–Crippen MR) is 73.0 cm³/mol. The Morgan fingerprint density at radius 3 is 3.05 bits per heavy atom. The highest BCUT2D eigenvalue weighted by Gasteiger charge is 2.26. The average molecular weight is 266 g/mol. The van der Waals surface area contributed by atoms with E-state index in [9.17, 15) is 4.79 Å². The van der Waals surface area contributed by atoms with Crippen LogP contribution >= 0.6 is 0 Å². The molecule has 7 heteroatoms. The number of likely N-dealkylation sites (tertiary alicyclic amines) is 1. The Kier molecular flexibility index (Phi) is 4.36. The number of carbonyl (C=O) groups is 1. The first-order valence-electron chi connectivity index (χ1n) is 6.72. The minimum atomic E-state index is -0.121. The van der Waals surface area contributed by atoms with Crippen molar-refractivity contribution in [3.63, 3.8) is 0 Å². The maximum absolute atomic E-state index is 12.1. The number of hydrogen-bond acceptors (Lipinski definition) is 4. The van der Waals surface area contributed by atoms with Crippen LogP contribution in [0.5, 0.6) is 0 Å². The van der Waals surface area contributed by atoms with Crippen LogP contribution < -0.4 is 5.32 Å². The topological polar surface area (TPSA) is 66.3 Å². The second kappa shape index (κ2) is 6.01. The van der Waals surface area contributed by atoms with Gasteiger partial charge in [0.1, 0.15) is 0 Å². The second-order valence-corrected chi connectivity index (χ2v) is 5.11. The first-order valence-corrected chi connectivity index (χ1v) is 6.72. The Balaban J connectivity index is 1.88. The van der Waals surface area contributed by atoms with Crippen molar-refractivity contribution in [3.8, 4) is 0 Å². The van der Waals surface area contributed by atoms with Gasteiger partial charge in [-0.2, -0.15) is 0 Å². The number of urea groups is 1. The molecule has 0 radical (unpaired) electrons. The highest BCUT2D eigenvalue weighted by molar-refractivity contribution is 5.88. The van der Waals surface area contributed by atoms with E-state index in [0.29, 0.717) is 5.82 Å². The first-order chi connectivity index (χ1) is 9.10. The quantitative estimate of drug-likeness (QED) is 0.877. The average Bonchev–Trinajstić information content (AvgIpc) is 2.98. The molecule has 1 fully saturated rings. The summed E-state index contributed by atoms with van der Waals surface area (Å²) < 4.78 is 1.74. The van der Waals surface area contributed by atoms with E-state index < -0.39 is 0 Å². The van der Waals surface area contributed by atoms with Gasteiger partial charge >= 0.3 is 6.03 Å². The molecule has 1 unspecified atom stereocenters. The standard InChI is InChI=1S/C12H22N6O/c1-4-6-18-9-11(14-15-18)13-12(19)17(3)10-5-7-16(2)8-10/h9-10H,4-8H2,1-3H3,(H,13,19). The van der Waals surface area contributed by atoms with E-state index in [0.717, 1.165) is 32.5 Å². The van der Waals surface area contributed by atoms with Crippen molar-refractivity contribution in [2.75, 3.05) is 32.5 Å². The van der Waals surface area contributed by atoms with Crippen LogP contribution in [0.4, 0.5) is 10.6 Å². The van der Waals surface area contributed by atoms with E-state index in [2.05, 4.69) is 34.5 Å². The zero-order valence-electron chi connectivity index (χ0n) is 11.8. The van der Waals surface area contributed by atoms with E-state index in [1.165, 1.54) is 0 Å². The Morgan fingerprint density at radius 1 is 1.63 bits per heavy atom. The molecule has 0 saturated carbocycles. The van der Waals surface area contributed by atoms with E-state index in [4.69, 9.17) is 0 Å². The van der Waals surface area contributed by atoms with Crippen LogP contribution in [-0.2, 0) is 6.54 Å². The first kappa shape index (κ1) is 13.8. The number of anilines is 1. The fourth-order valence-corrected chi connectivity index (χ4v) is 2.29. The van der Waals surface area contributed by atoms with Crippen molar-refractivity contribution in [1.82, 2.24) is 24.8 Å². The number of amides is 2. The van der Waals surface area contributed by atoms with Crippen molar-refractivity contribution in [2.24, 2.45) is 0 Å². The number of aryl methyl sites for hydroxylation is 1. The predicted octanol–water partition coefficient (Wildman–Crippen LogP) is 0.856. The molecule has 1 N–H and O–H groups in total. The largest absolute Gasteiger partial charge is 0.323 e. The van der Waals surface area contributed by atoms with Gasteiger partial charge in [0.2, 0.25) is 0 Å². The number of likely N-dealkylation sites (N-methyl/N-ethyl adjacent to an activating group) is 2. The minimum Gasteiger partial charge on any atom is -0.323 e. The van der Waals surface area contributed by atoms with Crippen LogP contribution in [0.1, 0.15) is 19.8 Å². The molecule has 1 aromatic rings. The number of hydrogen-bond donors (Lipinski definition) is 1. The van der Waals surface area contributed by atoms with Gasteiger partial charge in [-0.05, 0) is 26.4 Å². The molecule has 0 bridgehead atoms. The fourth-order valence-electron chi connectivity index (χ4n) is 2.29. The lowest BCUT2D eigenvalue weighted by Gasteiger charge is -2.24. The SMILES string of the molecule is CCCn1cc(NC(=O)N(C)C2CCN(C)C2)nn1. The van der Waals surface area contributed by atoms with Crippen molar-refractivity contribution in [1.29, 1.82) is 0 Å². The number of aromatic nitrogens is 3. The molecule has 2 heterocycles. The van der Waals surface area contributed by atoms with Gasteiger partial charge in [-0.1, -0.05) is 12.1 Å². The Bertz CT molecular complexity index is 432. The molecule has 1 atom stereocenters. The van der Waals surface area contributed by atoms with Crippen molar-refractivity contribution in [3.05, 3.63) is 6.20 Å². The van der Waals surface area contributed by atoms with Crippen LogP contribution in [0.3, 0.4) is 0 Å². The summed E-state index contributed by atoms with van der Waals surface area (Å²) in [5, 5.41) is 10.7. The maximum Gasteiger partial charge on any atom is 0.323 e. The number of nitrogens with zero attached hydrogens (tertiary/aromatic N) is 5. The highest BCUT2D eigenvalue weighted by atomic mass is 16.2. The van der Waals surface area contributed by atoms with Crippen LogP contribution in [0.2, 0.25) is 0 Å². The van der Waals surface area contributed by atoms with Gasteiger partial charge < -0.3 is 9.80 Å². The molecule has 0 aromatic carbocycles. The fraction of sp³-hybridized carbons (Fsp3) is 0.750. The highest BCUT2D eigenvalue weighted by Crippen LogP contribution is 2.13. The van der Waals surface area contributed by atoms with Crippen LogP contribution in [0.15, 0.2) is 6.20 Å². The van der Waals surface area contributed by atoms with Crippen molar-refractivity contribution >= 4 is 11.8 Å². The summed E-state index contributed by atoms with van der Waals surface area (Å²) in [7, 11) is 3.90. The molecular weight excluding hydrogens is 244 g/mol. The Labute approximate surface area is 113 Å². The summed E-state index contributed by atoms with van der Waals surface area (Å²) >= 11 is 0. The van der Waals surface area contributed by atoms with E-state index in [1.54, 1.807) is 15.8 Å². The molecule has 1 aliphatic heterocycles. The van der Waals surface area contributed by atoms with Gasteiger partial charge in [0, 0.05) is 26.2 Å². The summed E-state index contributed by atoms with van der Waals surface area (Å²) in [4.78, 5) is 16.1. The zero-order chi connectivity index (χ0) is 13.8. The smallest absolute Gasteiger partial charge is 0.323 e. The van der Waals surface area contributed by atoms with Gasteiger partial charge in [0.25, 0.3) is 0 Å². The van der Waals surface area contributed by atoms with Crippen LogP contribution in [0, 0.1) is 0 Å². The zero-order valence-corrected chi connectivity index (χ0v) is 11.8. The Hall–Kier alpha value is -1.63. The maximum atomic E-state index is 12.1. The molecule has 1 aromatic heterocycles. The van der Waals surface area contributed by atoms with Gasteiger partial charge in [0.15, 0.2) is 5.82 Å². The molecule has 19 heavy (non-hydrogen) atoms. The molecule has 2 amide bonds. The molecule has 7 nitrogen and oxygen atoms in total. The summed E-state index contributed by atoms with van der Waals surface area (Å²) in [6, 6.07) is 0.152. The lowest BCUT2D eigenvalue weighted by atomic mass is 10.2. The molecule has 1 aliphatic rings. The third kappa shape index (κ3) is 3.44. The molecule has 1 saturated heterocycles. The van der Waals surface area contributed by atoms with Gasteiger partial charge in [0.05, 0.1) is 6.20 Å². The summed E-state index contributed by atoms with van der Waals surface area (Å²) in [5.41, 5.74) is 0. The third-order valence-electron chi connectivity index (χ3n) is 3.46. The van der Waals surface area contributed by atoms with E-state index >= 15 is 0 Å². The van der Waals surface area contributed by atoms with Crippen LogP contribution in [0.25, 0.3) is 0 Å². The van der Waals surface area contributed by atoms with Gasteiger partial charge in [-0.3, -0.25) is 10.00 Å². The molecule has 0 spiro atoms. The molecule has 0 aliphatic carbocycles. The minimum absolute atomic E-state index is 0.121. The van der Waals surface area contributed by atoms with E-state index in [1.807, 2.05) is 7.05 Å². The van der Waals surface area contributed by atoms with Gasteiger partial charge in [-0.25, -0.2) is 4.79 Å². The van der Waals surface area contributed by atoms with Gasteiger partial charge in [-0.15, -0.1) is 5.10 Å². The monoisotopic (exact) mass is 266 g/mol. The summed E-state index contributed by atoms with van der Waals surface area (Å²) in [6.07, 6.45) is 3.77. The lowest BCUT2D eigenvalue weighted by Crippen LogP contribution is -2.41. The lowest BCUT2D eigenvalue weighted by molar-refractivity contribution is 0.204. The van der Waals surface area contributed by atoms with Crippen molar-refractivity contribution in [2.45, 2.75) is 32.4 Å². The Morgan fingerprint density at radius 2 is 2.42 bits per heavy atom. The second-order valence-electron chi connectivity index (χ2n) is 5.11.